The first-order valence-corrected chi connectivity index (χ1v) is 15.8. The summed E-state index contributed by atoms with van der Waals surface area (Å²) in [6.07, 6.45) is 19.6. The van der Waals surface area contributed by atoms with Crippen molar-refractivity contribution in [2.75, 3.05) is 38.3 Å². The summed E-state index contributed by atoms with van der Waals surface area (Å²) in [5.74, 6) is 2.45. The van der Waals surface area contributed by atoms with Crippen molar-refractivity contribution in [1.29, 1.82) is 0 Å². The number of amides is 1. The minimum atomic E-state index is 0.0497. The van der Waals surface area contributed by atoms with Gasteiger partial charge in [0.05, 0.1) is 6.61 Å². The van der Waals surface area contributed by atoms with E-state index in [1.165, 1.54) is 31.4 Å². The maximum Gasteiger partial charge on any atom is 0.220 e. The molecule has 1 atom stereocenters. The number of aromatic nitrogens is 1. The molecule has 0 spiro atoms. The van der Waals surface area contributed by atoms with Gasteiger partial charge in [0.1, 0.15) is 5.82 Å². The standard InChI is InChI=1S/C33H54N4O2.CH4O/c1-5-9-11-13-27(7-3)15-17-33(39)36-25-30-14-16-32(35-24-30)37-20-18-28(19-21-37)23-34-31(8-4)22-29(26-38)12-10-6-2;1-2/h6,12,14,16,22,24,27-28,34,38H,2,5,7-11,13,15,17-21,23,25-26H2,1,3-4H3,(H,36,39);2H,1H3/b29-12+,31-22+;. The molecule has 0 radical (unpaired) electrons. The van der Waals surface area contributed by atoms with E-state index in [-0.39, 0.29) is 12.5 Å². The van der Waals surface area contributed by atoms with E-state index in [4.69, 9.17) is 10.1 Å². The van der Waals surface area contributed by atoms with Crippen molar-refractivity contribution in [2.45, 2.75) is 97.9 Å². The molecule has 1 fully saturated rings. The molecule has 7 nitrogen and oxygen atoms in total. The quantitative estimate of drug-likeness (QED) is 0.0887. The number of carbonyl (C=O) groups is 1. The molecule has 7 heteroatoms. The van der Waals surface area contributed by atoms with E-state index >= 15 is 0 Å². The number of carbonyl (C=O) groups excluding carboxylic acids is 1. The molecule has 1 aliphatic rings. The Morgan fingerprint density at radius 2 is 1.90 bits per heavy atom. The van der Waals surface area contributed by atoms with E-state index in [9.17, 15) is 9.90 Å². The highest BCUT2D eigenvalue weighted by molar-refractivity contribution is 5.75. The molecule has 0 saturated carbocycles. The smallest absolute Gasteiger partial charge is 0.220 e. The van der Waals surface area contributed by atoms with E-state index in [0.29, 0.717) is 24.8 Å². The lowest BCUT2D eigenvalue weighted by Gasteiger charge is -2.33. The number of anilines is 1. The van der Waals surface area contributed by atoms with Crippen molar-refractivity contribution >= 4 is 11.7 Å². The number of hydrogen-bond donors (Lipinski definition) is 4. The lowest BCUT2D eigenvalue weighted by Crippen LogP contribution is -2.37. The molecule has 1 amide bonds. The molecule has 232 valence electrons. The Morgan fingerprint density at radius 1 is 1.15 bits per heavy atom. The Balaban J connectivity index is 0.00000411. The van der Waals surface area contributed by atoms with E-state index in [1.807, 2.05) is 18.3 Å². The third kappa shape index (κ3) is 15.2. The molecule has 1 aromatic heterocycles. The summed E-state index contributed by atoms with van der Waals surface area (Å²) in [6.45, 7) is 13.9. The van der Waals surface area contributed by atoms with Crippen LogP contribution in [0.3, 0.4) is 0 Å². The summed E-state index contributed by atoms with van der Waals surface area (Å²) < 4.78 is 0. The highest BCUT2D eigenvalue weighted by Crippen LogP contribution is 2.22. The molecule has 2 rings (SSSR count). The second kappa shape index (κ2) is 23.0. The maximum atomic E-state index is 12.4. The van der Waals surface area contributed by atoms with E-state index in [1.54, 1.807) is 0 Å². The maximum absolute atomic E-state index is 12.4. The predicted molar refractivity (Wildman–Crippen MR) is 173 cm³/mol. The molecule has 1 saturated heterocycles. The highest BCUT2D eigenvalue weighted by Gasteiger charge is 2.20. The second-order valence-electron chi connectivity index (χ2n) is 10.9. The summed E-state index contributed by atoms with van der Waals surface area (Å²) in [5, 5.41) is 23.3. The molecule has 1 unspecified atom stereocenters. The van der Waals surface area contributed by atoms with Crippen molar-refractivity contribution in [2.24, 2.45) is 11.8 Å². The normalized spacial score (nSPS) is 15.1. The minimum absolute atomic E-state index is 0.0497. The summed E-state index contributed by atoms with van der Waals surface area (Å²) in [5.41, 5.74) is 3.15. The first-order valence-electron chi connectivity index (χ1n) is 15.8. The zero-order chi connectivity index (χ0) is 30.3. The third-order valence-corrected chi connectivity index (χ3v) is 7.90. The van der Waals surface area contributed by atoms with Gasteiger partial charge >= 0.3 is 0 Å². The van der Waals surface area contributed by atoms with Gasteiger partial charge in [-0.25, -0.2) is 4.98 Å². The summed E-state index contributed by atoms with van der Waals surface area (Å²) in [4.78, 5) is 19.4. The van der Waals surface area contributed by atoms with Crippen LogP contribution in [0.25, 0.3) is 0 Å². The van der Waals surface area contributed by atoms with Crippen LogP contribution in [-0.4, -0.2) is 54.5 Å². The fourth-order valence-electron chi connectivity index (χ4n) is 5.12. The number of piperidine rings is 1. The molecular weight excluding hydrogens is 512 g/mol. The van der Waals surface area contributed by atoms with Crippen molar-refractivity contribution in [3.8, 4) is 0 Å². The number of hydrogen-bond acceptors (Lipinski definition) is 6. The topological polar surface area (TPSA) is 97.7 Å². The van der Waals surface area contributed by atoms with Gasteiger partial charge in [0, 0.05) is 51.6 Å². The molecule has 2 heterocycles. The van der Waals surface area contributed by atoms with Crippen LogP contribution < -0.4 is 15.5 Å². The van der Waals surface area contributed by atoms with Crippen molar-refractivity contribution in [3.63, 3.8) is 0 Å². The Labute approximate surface area is 250 Å². The fraction of sp³-hybridized carbons (Fsp3) is 0.647. The van der Waals surface area contributed by atoms with Gasteiger partial charge in [0.25, 0.3) is 0 Å². The van der Waals surface area contributed by atoms with Crippen molar-refractivity contribution in [1.82, 2.24) is 15.6 Å². The Kier molecular flexibility index (Phi) is 20.4. The number of allylic oxidation sites excluding steroid dienone is 3. The lowest BCUT2D eigenvalue weighted by molar-refractivity contribution is -0.121. The number of aliphatic hydroxyl groups is 2. The van der Waals surface area contributed by atoms with Gasteiger partial charge in [-0.1, -0.05) is 71.1 Å². The number of rotatable bonds is 19. The SMILES string of the molecule is C=CC/C=C(\C=C(/CC)NCC1CCN(c2ccc(CNC(=O)CCC(CC)CCCCC)cn2)CC1)CO.CO. The van der Waals surface area contributed by atoms with Crippen LogP contribution in [0.5, 0.6) is 0 Å². The molecule has 1 aliphatic heterocycles. The van der Waals surface area contributed by atoms with Crippen molar-refractivity contribution in [3.05, 3.63) is 60.0 Å². The van der Waals surface area contributed by atoms with Gasteiger partial charge in [-0.3, -0.25) is 4.79 Å². The third-order valence-electron chi connectivity index (χ3n) is 7.90. The number of unbranched alkanes of at least 4 members (excludes halogenated alkanes) is 2. The van der Waals surface area contributed by atoms with Crippen LogP contribution >= 0.6 is 0 Å². The van der Waals surface area contributed by atoms with E-state index in [2.05, 4.69) is 61.1 Å². The molecule has 0 bridgehead atoms. The van der Waals surface area contributed by atoms with E-state index < -0.39 is 0 Å². The summed E-state index contributed by atoms with van der Waals surface area (Å²) in [6, 6.07) is 4.18. The highest BCUT2D eigenvalue weighted by atomic mass is 16.3. The van der Waals surface area contributed by atoms with Crippen LogP contribution in [0.1, 0.15) is 97.0 Å². The molecule has 0 aromatic carbocycles. The summed E-state index contributed by atoms with van der Waals surface area (Å²) in [7, 11) is 1.00. The monoisotopic (exact) mass is 570 g/mol. The molecular formula is C34H58N4O3. The van der Waals surface area contributed by atoms with E-state index in [0.717, 1.165) is 82.2 Å². The van der Waals surface area contributed by atoms with Gasteiger partial charge in [-0.05, 0) is 67.2 Å². The molecule has 1 aromatic rings. The number of aliphatic hydroxyl groups excluding tert-OH is 2. The average molecular weight is 571 g/mol. The van der Waals surface area contributed by atoms with Gasteiger partial charge in [-0.2, -0.15) is 0 Å². The first kappa shape index (κ1) is 36.4. The van der Waals surface area contributed by atoms with Crippen LogP contribution in [0.2, 0.25) is 0 Å². The molecule has 0 aliphatic carbocycles. The molecule has 41 heavy (non-hydrogen) atoms. The predicted octanol–water partition coefficient (Wildman–Crippen LogP) is 6.29. The second-order valence-corrected chi connectivity index (χ2v) is 10.9. The minimum Gasteiger partial charge on any atom is -0.400 e. The van der Waals surface area contributed by atoms with Crippen LogP contribution in [0, 0.1) is 11.8 Å². The van der Waals surface area contributed by atoms with Gasteiger partial charge in [0.15, 0.2) is 0 Å². The zero-order valence-electron chi connectivity index (χ0n) is 26.3. The average Bonchev–Trinajstić information content (AvgIpc) is 3.03. The first-order chi connectivity index (χ1) is 20.0. The van der Waals surface area contributed by atoms with Crippen LogP contribution in [-0.2, 0) is 11.3 Å². The summed E-state index contributed by atoms with van der Waals surface area (Å²) >= 11 is 0. The molecule has 4 N–H and O–H groups in total. The lowest BCUT2D eigenvalue weighted by atomic mass is 9.94. The Hall–Kier alpha value is -2.64. The van der Waals surface area contributed by atoms with Crippen molar-refractivity contribution < 1.29 is 15.0 Å². The Morgan fingerprint density at radius 3 is 2.49 bits per heavy atom. The van der Waals surface area contributed by atoms with Gasteiger partial charge in [0.2, 0.25) is 5.91 Å². The largest absolute Gasteiger partial charge is 0.400 e. The van der Waals surface area contributed by atoms with Crippen LogP contribution in [0.15, 0.2) is 54.4 Å². The fourth-order valence-corrected chi connectivity index (χ4v) is 5.12. The van der Waals surface area contributed by atoms with Crippen LogP contribution in [0.4, 0.5) is 5.82 Å². The Bertz CT molecular complexity index is 890. The van der Waals surface area contributed by atoms with Gasteiger partial charge in [-0.15, -0.1) is 6.58 Å². The number of nitrogens with zero attached hydrogens (tertiary/aromatic N) is 2. The van der Waals surface area contributed by atoms with Gasteiger partial charge < -0.3 is 25.7 Å². The zero-order valence-corrected chi connectivity index (χ0v) is 26.3. The number of pyridine rings is 1. The number of nitrogens with one attached hydrogen (secondary N) is 2.